The van der Waals surface area contributed by atoms with Gasteiger partial charge < -0.3 is 10.6 Å². The lowest BCUT2D eigenvalue weighted by Crippen LogP contribution is -2.24. The van der Waals surface area contributed by atoms with E-state index in [9.17, 15) is 19.2 Å². The average molecular weight is 611 g/mol. The minimum atomic E-state index is -0.288. The predicted octanol–water partition coefficient (Wildman–Crippen LogP) is 5.44. The molecule has 6 aromatic rings. The van der Waals surface area contributed by atoms with Crippen molar-refractivity contribution in [1.29, 1.82) is 0 Å². The van der Waals surface area contributed by atoms with Crippen molar-refractivity contribution in [3.05, 3.63) is 115 Å². The molecule has 0 aliphatic carbocycles. The van der Waals surface area contributed by atoms with Gasteiger partial charge in [-0.15, -0.1) is 22.7 Å². The van der Waals surface area contributed by atoms with Gasteiger partial charge in [0.25, 0.3) is 22.9 Å². The van der Waals surface area contributed by atoms with E-state index in [0.29, 0.717) is 72.2 Å². The number of amides is 2. The summed E-state index contributed by atoms with van der Waals surface area (Å²) in [4.78, 5) is 63.3. The van der Waals surface area contributed by atoms with Crippen LogP contribution in [0.25, 0.3) is 20.4 Å². The number of aromatic nitrogens is 4. The molecule has 0 spiro atoms. The first-order chi connectivity index (χ1) is 20.8. The van der Waals surface area contributed by atoms with Crippen LogP contribution < -0.4 is 21.8 Å². The Bertz CT molecular complexity index is 1960. The molecule has 0 atom stereocenters. The van der Waals surface area contributed by atoms with Gasteiger partial charge in [-0.3, -0.25) is 28.3 Å². The van der Waals surface area contributed by atoms with Crippen LogP contribution in [-0.4, -0.2) is 30.9 Å². The minimum absolute atomic E-state index is 0.235. The molecule has 0 saturated heterocycles. The summed E-state index contributed by atoms with van der Waals surface area (Å²) in [6.07, 6.45) is 3.42. The maximum absolute atomic E-state index is 13.4. The van der Waals surface area contributed by atoms with E-state index in [1.165, 1.54) is 44.5 Å². The van der Waals surface area contributed by atoms with Gasteiger partial charge in [0.2, 0.25) is 0 Å². The number of para-hydroxylation sites is 2. The highest BCUT2D eigenvalue weighted by molar-refractivity contribution is 7.21. The number of carbonyl (C=O) groups excluding carboxylic acids is 2. The molecule has 2 amide bonds. The zero-order valence-electron chi connectivity index (χ0n) is 23.3. The van der Waals surface area contributed by atoms with Crippen LogP contribution in [0.1, 0.15) is 36.9 Å². The minimum Gasteiger partial charge on any atom is -0.321 e. The van der Waals surface area contributed by atoms with Crippen molar-refractivity contribution < 1.29 is 9.59 Å². The molecule has 0 saturated carbocycles. The molecule has 10 nitrogen and oxygen atoms in total. The summed E-state index contributed by atoms with van der Waals surface area (Å²) in [6.45, 7) is 4.15. The number of fused-ring (bicyclic) bond motifs is 2. The van der Waals surface area contributed by atoms with Crippen LogP contribution in [0, 0.1) is 13.8 Å². The first kappa shape index (κ1) is 28.2. The van der Waals surface area contributed by atoms with Crippen molar-refractivity contribution in [2.75, 3.05) is 10.6 Å². The van der Waals surface area contributed by atoms with Crippen LogP contribution in [0.2, 0.25) is 0 Å². The first-order valence-corrected chi connectivity index (χ1v) is 15.1. The molecule has 2 aromatic carbocycles. The van der Waals surface area contributed by atoms with Crippen molar-refractivity contribution in [2.24, 2.45) is 0 Å². The number of carbonyl (C=O) groups is 2. The SMILES string of the molecule is Cc1c(C(=O)Nc2ccccc2)sc2ncn(CCCn3cnc4sc(C(=O)Nc5ccccc5)c(C)c4c3=O)c(=O)c12. The Labute approximate surface area is 253 Å². The number of nitrogens with one attached hydrogen (secondary N) is 2. The molecule has 0 aliphatic heterocycles. The molecule has 4 heterocycles. The van der Waals surface area contributed by atoms with Crippen LogP contribution >= 0.6 is 22.7 Å². The fourth-order valence-corrected chi connectivity index (χ4v) is 6.97. The van der Waals surface area contributed by atoms with E-state index < -0.39 is 0 Å². The lowest BCUT2D eigenvalue weighted by molar-refractivity contribution is 0.102. The number of rotatable bonds is 8. The molecule has 43 heavy (non-hydrogen) atoms. The van der Waals surface area contributed by atoms with Crippen molar-refractivity contribution in [2.45, 2.75) is 33.4 Å². The fourth-order valence-electron chi connectivity index (χ4n) is 4.90. The van der Waals surface area contributed by atoms with E-state index in [1.54, 1.807) is 38.1 Å². The highest BCUT2D eigenvalue weighted by atomic mass is 32.1. The van der Waals surface area contributed by atoms with E-state index in [1.807, 2.05) is 36.4 Å². The number of hydrogen-bond acceptors (Lipinski definition) is 8. The third kappa shape index (κ3) is 5.49. The second-order valence-corrected chi connectivity index (χ2v) is 12.0. The number of nitrogens with zero attached hydrogens (tertiary/aromatic N) is 4. The second kappa shape index (κ2) is 11.7. The van der Waals surface area contributed by atoms with Gasteiger partial charge in [-0.2, -0.15) is 0 Å². The summed E-state index contributed by atoms with van der Waals surface area (Å²) in [7, 11) is 0. The Kier molecular flexibility index (Phi) is 7.70. The van der Waals surface area contributed by atoms with Crippen molar-refractivity contribution >= 4 is 66.3 Å². The van der Waals surface area contributed by atoms with Crippen molar-refractivity contribution in [1.82, 2.24) is 19.1 Å². The zero-order chi connectivity index (χ0) is 30.1. The largest absolute Gasteiger partial charge is 0.321 e. The van der Waals surface area contributed by atoms with E-state index in [-0.39, 0.29) is 22.9 Å². The van der Waals surface area contributed by atoms with Crippen LogP contribution in [-0.2, 0) is 13.1 Å². The average Bonchev–Trinajstić information content (AvgIpc) is 3.53. The van der Waals surface area contributed by atoms with Crippen LogP contribution in [0.5, 0.6) is 0 Å². The monoisotopic (exact) mass is 610 g/mol. The van der Waals surface area contributed by atoms with Gasteiger partial charge in [0, 0.05) is 24.5 Å². The number of thiophene rings is 2. The standard InChI is InChI=1S/C31H26N6O4S2/c1-18-22-28(42-24(18)26(38)34-20-10-5-3-6-11-20)32-16-36(30(22)40)14-9-15-37-17-33-29-23(31(37)41)19(2)25(43-29)27(39)35-21-12-7-4-8-13-21/h3-8,10-13,16-17H,9,14-15H2,1-2H3,(H,34,38)(H,35,39). The maximum Gasteiger partial charge on any atom is 0.266 e. The molecule has 2 N–H and O–H groups in total. The van der Waals surface area contributed by atoms with Crippen LogP contribution in [0.4, 0.5) is 11.4 Å². The van der Waals surface area contributed by atoms with E-state index >= 15 is 0 Å². The first-order valence-electron chi connectivity index (χ1n) is 13.5. The second-order valence-electron chi connectivity index (χ2n) is 9.95. The third-order valence-corrected chi connectivity index (χ3v) is 9.51. The van der Waals surface area contributed by atoms with Crippen LogP contribution in [0.15, 0.2) is 82.9 Å². The van der Waals surface area contributed by atoms with Gasteiger partial charge in [-0.1, -0.05) is 36.4 Å². The molecule has 0 unspecified atom stereocenters. The Hall–Kier alpha value is -4.94. The van der Waals surface area contributed by atoms with Crippen LogP contribution in [0.3, 0.4) is 0 Å². The van der Waals surface area contributed by atoms with E-state index in [4.69, 9.17) is 0 Å². The van der Waals surface area contributed by atoms with Gasteiger partial charge in [0.15, 0.2) is 0 Å². The van der Waals surface area contributed by atoms with Crippen molar-refractivity contribution in [3.63, 3.8) is 0 Å². The Morgan fingerprint density at radius 2 is 1.07 bits per heavy atom. The highest BCUT2D eigenvalue weighted by Gasteiger charge is 2.21. The van der Waals surface area contributed by atoms with Gasteiger partial charge in [0.05, 0.1) is 33.2 Å². The fraction of sp³-hybridized carbons (Fsp3) is 0.161. The van der Waals surface area contributed by atoms with Gasteiger partial charge in [0.1, 0.15) is 9.66 Å². The summed E-state index contributed by atoms with van der Waals surface area (Å²) in [6, 6.07) is 18.3. The number of anilines is 2. The molecule has 0 aliphatic rings. The smallest absolute Gasteiger partial charge is 0.266 e. The Morgan fingerprint density at radius 3 is 1.47 bits per heavy atom. The number of benzene rings is 2. The summed E-state index contributed by atoms with van der Waals surface area (Å²) in [5.41, 5.74) is 2.05. The van der Waals surface area contributed by atoms with Gasteiger partial charge in [-0.05, 0) is 55.7 Å². The van der Waals surface area contributed by atoms with Gasteiger partial charge >= 0.3 is 0 Å². The molecule has 216 valence electrons. The quantitative estimate of drug-likeness (QED) is 0.236. The molecule has 4 aromatic heterocycles. The summed E-state index contributed by atoms with van der Waals surface area (Å²) in [5, 5.41) is 6.56. The molecule has 0 radical (unpaired) electrons. The lowest BCUT2D eigenvalue weighted by atomic mass is 10.2. The Morgan fingerprint density at radius 1 is 0.674 bits per heavy atom. The third-order valence-electron chi connectivity index (χ3n) is 7.11. The molecular formula is C31H26N6O4S2. The number of hydrogen-bond donors (Lipinski definition) is 2. The summed E-state index contributed by atoms with van der Waals surface area (Å²) in [5.74, 6) is -0.575. The molecule has 6 rings (SSSR count). The molecular weight excluding hydrogens is 585 g/mol. The lowest BCUT2D eigenvalue weighted by Gasteiger charge is -2.08. The molecule has 0 fully saturated rings. The number of aryl methyl sites for hydroxylation is 4. The Balaban J connectivity index is 1.18. The normalized spacial score (nSPS) is 11.2. The predicted molar refractivity (Wildman–Crippen MR) is 171 cm³/mol. The highest BCUT2D eigenvalue weighted by Crippen LogP contribution is 2.29. The topological polar surface area (TPSA) is 128 Å². The maximum atomic E-state index is 13.4. The zero-order valence-corrected chi connectivity index (χ0v) is 24.9. The summed E-state index contributed by atoms with van der Waals surface area (Å²) < 4.78 is 3.00. The molecule has 12 heteroatoms. The van der Waals surface area contributed by atoms with Gasteiger partial charge in [-0.25, -0.2) is 9.97 Å². The van der Waals surface area contributed by atoms with E-state index in [2.05, 4.69) is 20.6 Å². The molecule has 0 bridgehead atoms. The van der Waals surface area contributed by atoms with Crippen molar-refractivity contribution in [3.8, 4) is 0 Å². The summed E-state index contributed by atoms with van der Waals surface area (Å²) >= 11 is 2.37. The van der Waals surface area contributed by atoms with E-state index in [0.717, 1.165) is 0 Å².